The highest BCUT2D eigenvalue weighted by atomic mass is 35.5. The summed E-state index contributed by atoms with van der Waals surface area (Å²) in [6, 6.07) is 5.01. The summed E-state index contributed by atoms with van der Waals surface area (Å²) in [5.74, 6) is 0.655. The van der Waals surface area contributed by atoms with Crippen LogP contribution in [0.15, 0.2) is 23.1 Å². The molecule has 0 saturated carbocycles. The zero-order chi connectivity index (χ0) is 14.6. The molecule has 3 nitrogen and oxygen atoms in total. The number of nitrogens with one attached hydrogen (secondary N) is 1. The summed E-state index contributed by atoms with van der Waals surface area (Å²) in [7, 11) is -3.20. The van der Waals surface area contributed by atoms with Gasteiger partial charge in [-0.3, -0.25) is 0 Å². The van der Waals surface area contributed by atoms with Crippen molar-refractivity contribution in [1.29, 1.82) is 0 Å². The van der Waals surface area contributed by atoms with Gasteiger partial charge in [0.25, 0.3) is 0 Å². The van der Waals surface area contributed by atoms with Gasteiger partial charge >= 0.3 is 0 Å². The standard InChI is InChI=1S/C14H22ClNO2S/c1-10(2)5-6-11(3)16-14-9-12(19(4,17)18)7-8-13(14)15/h7-11,16H,5-6H2,1-4H3. The number of rotatable bonds is 6. The Morgan fingerprint density at radius 3 is 2.37 bits per heavy atom. The Balaban J connectivity index is 2.83. The van der Waals surface area contributed by atoms with Crippen molar-refractivity contribution in [2.45, 2.75) is 44.6 Å². The second-order valence-electron chi connectivity index (χ2n) is 5.43. The van der Waals surface area contributed by atoms with Crippen LogP contribution in [0.1, 0.15) is 33.6 Å². The van der Waals surface area contributed by atoms with Crippen molar-refractivity contribution in [3.05, 3.63) is 23.2 Å². The van der Waals surface area contributed by atoms with E-state index in [1.54, 1.807) is 12.1 Å². The third-order valence-corrected chi connectivity index (χ3v) is 4.38. The molecule has 0 bridgehead atoms. The fraction of sp³-hybridized carbons (Fsp3) is 0.571. The van der Waals surface area contributed by atoms with Crippen LogP contribution in [0.4, 0.5) is 5.69 Å². The summed E-state index contributed by atoms with van der Waals surface area (Å²) < 4.78 is 23.1. The molecule has 0 radical (unpaired) electrons. The minimum atomic E-state index is -3.20. The predicted molar refractivity (Wildman–Crippen MR) is 81.7 cm³/mol. The maximum Gasteiger partial charge on any atom is 0.175 e. The van der Waals surface area contributed by atoms with Crippen molar-refractivity contribution < 1.29 is 8.42 Å². The molecule has 0 aliphatic rings. The molecule has 1 rings (SSSR count). The highest BCUT2D eigenvalue weighted by Crippen LogP contribution is 2.26. The van der Waals surface area contributed by atoms with Gasteiger partial charge in [-0.05, 0) is 43.9 Å². The molecular weight excluding hydrogens is 282 g/mol. The van der Waals surface area contributed by atoms with Gasteiger partial charge in [-0.25, -0.2) is 8.42 Å². The van der Waals surface area contributed by atoms with Crippen LogP contribution in [-0.4, -0.2) is 20.7 Å². The lowest BCUT2D eigenvalue weighted by molar-refractivity contribution is 0.527. The number of halogens is 1. The van der Waals surface area contributed by atoms with Crippen LogP contribution in [0.25, 0.3) is 0 Å². The second kappa shape index (κ2) is 6.62. The van der Waals surface area contributed by atoms with E-state index in [2.05, 4.69) is 26.1 Å². The van der Waals surface area contributed by atoms with Crippen molar-refractivity contribution in [3.63, 3.8) is 0 Å². The van der Waals surface area contributed by atoms with Gasteiger partial charge in [0.2, 0.25) is 0 Å². The third-order valence-electron chi connectivity index (χ3n) is 2.94. The van der Waals surface area contributed by atoms with Crippen LogP contribution in [0.2, 0.25) is 5.02 Å². The van der Waals surface area contributed by atoms with Crippen molar-refractivity contribution in [2.75, 3.05) is 11.6 Å². The number of benzene rings is 1. The first-order chi connectivity index (χ1) is 8.70. The third kappa shape index (κ3) is 5.41. The second-order valence-corrected chi connectivity index (χ2v) is 7.85. The van der Waals surface area contributed by atoms with Crippen LogP contribution >= 0.6 is 11.6 Å². The van der Waals surface area contributed by atoms with Crippen LogP contribution in [0.3, 0.4) is 0 Å². The minimum absolute atomic E-state index is 0.259. The topological polar surface area (TPSA) is 46.2 Å². The SMILES string of the molecule is CC(C)CCC(C)Nc1cc(S(C)(=O)=O)ccc1Cl. The van der Waals surface area contributed by atoms with E-state index in [0.717, 1.165) is 12.8 Å². The Bertz CT molecular complexity index is 526. The summed E-state index contributed by atoms with van der Waals surface area (Å²) in [6.45, 7) is 6.44. The Morgan fingerprint density at radius 1 is 1.21 bits per heavy atom. The van der Waals surface area contributed by atoms with Gasteiger partial charge in [-0.15, -0.1) is 0 Å². The Morgan fingerprint density at radius 2 is 1.84 bits per heavy atom. The fourth-order valence-corrected chi connectivity index (χ4v) is 2.59. The van der Waals surface area contributed by atoms with E-state index >= 15 is 0 Å². The summed E-state index contributed by atoms with van der Waals surface area (Å²) in [6.07, 6.45) is 3.34. The molecule has 5 heteroatoms. The summed E-state index contributed by atoms with van der Waals surface area (Å²) in [4.78, 5) is 0.287. The molecule has 1 atom stereocenters. The Kier molecular flexibility index (Phi) is 5.68. The van der Waals surface area contributed by atoms with Gasteiger partial charge < -0.3 is 5.32 Å². The van der Waals surface area contributed by atoms with E-state index in [-0.39, 0.29) is 10.9 Å². The van der Waals surface area contributed by atoms with Crippen molar-refractivity contribution >= 4 is 27.1 Å². The van der Waals surface area contributed by atoms with Gasteiger partial charge in [0.15, 0.2) is 9.84 Å². The van der Waals surface area contributed by atoms with Gasteiger partial charge in [-0.1, -0.05) is 25.4 Å². The average Bonchev–Trinajstić information content (AvgIpc) is 2.28. The van der Waals surface area contributed by atoms with Crippen molar-refractivity contribution in [1.82, 2.24) is 0 Å². The van der Waals surface area contributed by atoms with E-state index in [0.29, 0.717) is 16.6 Å². The van der Waals surface area contributed by atoms with Gasteiger partial charge in [0.1, 0.15) is 0 Å². The first kappa shape index (κ1) is 16.3. The van der Waals surface area contributed by atoms with Crippen molar-refractivity contribution in [2.24, 2.45) is 5.92 Å². The van der Waals surface area contributed by atoms with E-state index in [9.17, 15) is 8.42 Å². The fourth-order valence-electron chi connectivity index (χ4n) is 1.77. The van der Waals surface area contributed by atoms with Gasteiger partial charge in [-0.2, -0.15) is 0 Å². The predicted octanol–water partition coefficient (Wildman–Crippen LogP) is 3.98. The molecule has 0 spiro atoms. The monoisotopic (exact) mass is 303 g/mol. The maximum absolute atomic E-state index is 11.5. The summed E-state index contributed by atoms with van der Waals surface area (Å²) in [5, 5.41) is 3.83. The summed E-state index contributed by atoms with van der Waals surface area (Å²) >= 11 is 6.10. The number of hydrogen-bond donors (Lipinski definition) is 1. The molecule has 19 heavy (non-hydrogen) atoms. The lowest BCUT2D eigenvalue weighted by Gasteiger charge is -2.18. The number of sulfone groups is 1. The number of hydrogen-bond acceptors (Lipinski definition) is 3. The average molecular weight is 304 g/mol. The van der Waals surface area contributed by atoms with Gasteiger partial charge in [0, 0.05) is 12.3 Å². The lowest BCUT2D eigenvalue weighted by atomic mass is 10.0. The molecule has 1 unspecified atom stereocenters. The lowest BCUT2D eigenvalue weighted by Crippen LogP contribution is -2.16. The molecule has 0 aliphatic heterocycles. The smallest absolute Gasteiger partial charge is 0.175 e. The molecule has 1 aromatic carbocycles. The molecule has 0 aromatic heterocycles. The highest BCUT2D eigenvalue weighted by molar-refractivity contribution is 7.90. The minimum Gasteiger partial charge on any atom is -0.381 e. The molecular formula is C14H22ClNO2S. The first-order valence-corrected chi connectivity index (χ1v) is 8.73. The maximum atomic E-state index is 11.5. The summed E-state index contributed by atoms with van der Waals surface area (Å²) in [5.41, 5.74) is 0.681. The van der Waals surface area contributed by atoms with Crippen LogP contribution < -0.4 is 5.32 Å². The van der Waals surface area contributed by atoms with E-state index in [1.165, 1.54) is 12.3 Å². The van der Waals surface area contributed by atoms with Crippen LogP contribution in [0.5, 0.6) is 0 Å². The largest absolute Gasteiger partial charge is 0.381 e. The Labute approximate surface area is 121 Å². The normalized spacial score (nSPS) is 13.6. The van der Waals surface area contributed by atoms with E-state index in [1.807, 2.05) is 0 Å². The van der Waals surface area contributed by atoms with Gasteiger partial charge in [0.05, 0.1) is 15.6 Å². The number of anilines is 1. The van der Waals surface area contributed by atoms with Crippen LogP contribution in [-0.2, 0) is 9.84 Å². The van der Waals surface area contributed by atoms with E-state index in [4.69, 9.17) is 11.6 Å². The molecule has 108 valence electrons. The first-order valence-electron chi connectivity index (χ1n) is 6.46. The van der Waals surface area contributed by atoms with Crippen LogP contribution in [0, 0.1) is 5.92 Å². The molecule has 0 aliphatic carbocycles. The zero-order valence-electron chi connectivity index (χ0n) is 11.9. The molecule has 1 N–H and O–H groups in total. The molecule has 0 fully saturated rings. The molecule has 1 aromatic rings. The Hall–Kier alpha value is -0.740. The zero-order valence-corrected chi connectivity index (χ0v) is 13.5. The quantitative estimate of drug-likeness (QED) is 0.864. The molecule has 0 saturated heterocycles. The molecule has 0 amide bonds. The van der Waals surface area contributed by atoms with Crippen molar-refractivity contribution in [3.8, 4) is 0 Å². The highest BCUT2D eigenvalue weighted by Gasteiger charge is 2.12. The van der Waals surface area contributed by atoms with E-state index < -0.39 is 9.84 Å². The molecule has 0 heterocycles.